The van der Waals surface area contributed by atoms with Gasteiger partial charge in [0, 0.05) is 17.7 Å². The van der Waals surface area contributed by atoms with E-state index in [0.717, 1.165) is 5.56 Å². The van der Waals surface area contributed by atoms with E-state index in [1.165, 1.54) is 6.39 Å². The molecule has 2 aromatic carbocycles. The third-order valence-electron chi connectivity index (χ3n) is 4.41. The average molecular weight is 375 g/mol. The fourth-order valence-corrected chi connectivity index (χ4v) is 2.95. The van der Waals surface area contributed by atoms with Gasteiger partial charge in [-0.05, 0) is 43.3 Å². The zero-order chi connectivity index (χ0) is 19.5. The Hall–Kier alpha value is -3.81. The minimum Gasteiger partial charge on any atom is -0.423 e. The van der Waals surface area contributed by atoms with E-state index in [2.05, 4.69) is 20.2 Å². The summed E-state index contributed by atoms with van der Waals surface area (Å²) >= 11 is 0. The summed E-state index contributed by atoms with van der Waals surface area (Å²) < 4.78 is 5.15. The molecular formula is C20H17N5O3. The Morgan fingerprint density at radius 1 is 1.14 bits per heavy atom. The van der Waals surface area contributed by atoms with E-state index < -0.39 is 0 Å². The standard InChI is InChI=1S/C20H17N5O3/c1-2-25(11-17-22-16-6-4-3-5-15(16)18(26)23-17)20(27)14-9-7-13(8-10-14)19-24-21-12-28-19/h3-10,12H,2,11H2,1H3,(H,22,23,26). The van der Waals surface area contributed by atoms with Crippen molar-refractivity contribution in [3.63, 3.8) is 0 Å². The summed E-state index contributed by atoms with van der Waals surface area (Å²) in [6.07, 6.45) is 1.25. The lowest BCUT2D eigenvalue weighted by molar-refractivity contribution is 0.0748. The SMILES string of the molecule is CCN(Cc1nc2ccccc2c(=O)[nH]1)C(=O)c1ccc(-c2nnco2)cc1. The van der Waals surface area contributed by atoms with E-state index in [4.69, 9.17) is 4.42 Å². The molecule has 0 bridgehead atoms. The number of nitrogens with zero attached hydrogens (tertiary/aromatic N) is 4. The maximum Gasteiger partial charge on any atom is 0.258 e. The van der Waals surface area contributed by atoms with Gasteiger partial charge < -0.3 is 14.3 Å². The van der Waals surface area contributed by atoms with Gasteiger partial charge in [-0.25, -0.2) is 4.98 Å². The third-order valence-corrected chi connectivity index (χ3v) is 4.41. The summed E-state index contributed by atoms with van der Waals surface area (Å²) in [6, 6.07) is 14.0. The first-order chi connectivity index (χ1) is 13.7. The first-order valence-electron chi connectivity index (χ1n) is 8.79. The average Bonchev–Trinajstić information content (AvgIpc) is 3.27. The van der Waals surface area contributed by atoms with Crippen molar-refractivity contribution in [1.82, 2.24) is 25.1 Å². The smallest absolute Gasteiger partial charge is 0.258 e. The van der Waals surface area contributed by atoms with Crippen LogP contribution >= 0.6 is 0 Å². The summed E-state index contributed by atoms with van der Waals surface area (Å²) in [4.78, 5) is 34.0. The molecule has 0 spiro atoms. The van der Waals surface area contributed by atoms with Crippen LogP contribution in [0.2, 0.25) is 0 Å². The number of nitrogens with one attached hydrogen (secondary N) is 1. The molecule has 8 heteroatoms. The van der Waals surface area contributed by atoms with Gasteiger partial charge in [-0.3, -0.25) is 9.59 Å². The first-order valence-corrected chi connectivity index (χ1v) is 8.79. The Morgan fingerprint density at radius 2 is 1.93 bits per heavy atom. The minimum atomic E-state index is -0.215. The van der Waals surface area contributed by atoms with Crippen molar-refractivity contribution in [2.45, 2.75) is 13.5 Å². The number of rotatable bonds is 5. The molecule has 4 aromatic rings. The van der Waals surface area contributed by atoms with E-state index in [-0.39, 0.29) is 18.0 Å². The summed E-state index contributed by atoms with van der Waals surface area (Å²) in [5.74, 6) is 0.682. The van der Waals surface area contributed by atoms with Crippen LogP contribution in [0.15, 0.2) is 64.1 Å². The summed E-state index contributed by atoms with van der Waals surface area (Å²) in [5.41, 5.74) is 1.65. The molecule has 8 nitrogen and oxygen atoms in total. The molecular weight excluding hydrogens is 358 g/mol. The van der Waals surface area contributed by atoms with Crippen LogP contribution < -0.4 is 5.56 Å². The Kier molecular flexibility index (Phi) is 4.67. The molecule has 0 aliphatic carbocycles. The zero-order valence-electron chi connectivity index (χ0n) is 15.1. The highest BCUT2D eigenvalue weighted by molar-refractivity contribution is 5.94. The van der Waals surface area contributed by atoms with E-state index >= 15 is 0 Å². The lowest BCUT2D eigenvalue weighted by Crippen LogP contribution is -2.31. The molecule has 0 aliphatic rings. The van der Waals surface area contributed by atoms with Crippen molar-refractivity contribution >= 4 is 16.8 Å². The van der Waals surface area contributed by atoms with Crippen LogP contribution in [0.4, 0.5) is 0 Å². The molecule has 0 saturated heterocycles. The molecule has 0 aliphatic heterocycles. The molecule has 1 N–H and O–H groups in total. The second-order valence-electron chi connectivity index (χ2n) is 6.17. The molecule has 0 fully saturated rings. The van der Waals surface area contributed by atoms with Gasteiger partial charge in [-0.15, -0.1) is 10.2 Å². The first kappa shape index (κ1) is 17.6. The molecule has 28 heavy (non-hydrogen) atoms. The number of para-hydroxylation sites is 1. The normalized spacial score (nSPS) is 10.9. The molecule has 2 heterocycles. The third kappa shape index (κ3) is 3.39. The van der Waals surface area contributed by atoms with Gasteiger partial charge in [0.05, 0.1) is 17.4 Å². The van der Waals surface area contributed by atoms with Crippen molar-refractivity contribution in [1.29, 1.82) is 0 Å². The minimum absolute atomic E-state index is 0.157. The van der Waals surface area contributed by atoms with Gasteiger partial charge in [0.1, 0.15) is 5.82 Å². The molecule has 0 atom stereocenters. The number of H-pyrrole nitrogens is 1. The monoisotopic (exact) mass is 375 g/mol. The van der Waals surface area contributed by atoms with Crippen LogP contribution in [-0.2, 0) is 6.54 Å². The van der Waals surface area contributed by atoms with Crippen molar-refractivity contribution < 1.29 is 9.21 Å². The highest BCUT2D eigenvalue weighted by atomic mass is 16.4. The number of hydrogen-bond donors (Lipinski definition) is 1. The second-order valence-corrected chi connectivity index (χ2v) is 6.17. The van der Waals surface area contributed by atoms with Gasteiger partial charge in [-0.2, -0.15) is 0 Å². The van der Waals surface area contributed by atoms with Gasteiger partial charge in [0.2, 0.25) is 12.3 Å². The predicted octanol–water partition coefficient (Wildman–Crippen LogP) is 2.64. The van der Waals surface area contributed by atoms with Crippen LogP contribution in [0, 0.1) is 0 Å². The summed E-state index contributed by atoms with van der Waals surface area (Å²) in [5, 5.41) is 8.02. The Morgan fingerprint density at radius 3 is 2.64 bits per heavy atom. The number of amides is 1. The zero-order valence-corrected chi connectivity index (χ0v) is 15.1. The molecule has 4 rings (SSSR count). The quantitative estimate of drug-likeness (QED) is 0.575. The van der Waals surface area contributed by atoms with Crippen LogP contribution in [0.3, 0.4) is 0 Å². The fourth-order valence-electron chi connectivity index (χ4n) is 2.95. The van der Waals surface area contributed by atoms with Gasteiger partial charge >= 0.3 is 0 Å². The van der Waals surface area contributed by atoms with Gasteiger partial charge in [0.25, 0.3) is 11.5 Å². The predicted molar refractivity (Wildman–Crippen MR) is 103 cm³/mol. The van der Waals surface area contributed by atoms with Crippen molar-refractivity contribution in [3.05, 3.63) is 76.7 Å². The molecule has 1 amide bonds. The largest absolute Gasteiger partial charge is 0.423 e. The topological polar surface area (TPSA) is 105 Å². The number of hydrogen-bond acceptors (Lipinski definition) is 6. The van der Waals surface area contributed by atoms with Crippen LogP contribution in [-0.4, -0.2) is 37.5 Å². The Labute approximate surface area is 159 Å². The maximum absolute atomic E-state index is 12.9. The van der Waals surface area contributed by atoms with E-state index in [1.807, 2.05) is 13.0 Å². The number of benzene rings is 2. The van der Waals surface area contributed by atoms with Gasteiger partial charge in [0.15, 0.2) is 0 Å². The van der Waals surface area contributed by atoms with E-state index in [1.54, 1.807) is 47.4 Å². The number of aromatic nitrogens is 4. The van der Waals surface area contributed by atoms with Crippen molar-refractivity contribution in [3.8, 4) is 11.5 Å². The van der Waals surface area contributed by atoms with Crippen LogP contribution in [0.5, 0.6) is 0 Å². The fraction of sp³-hybridized carbons (Fsp3) is 0.150. The maximum atomic E-state index is 12.9. The number of carbonyl (C=O) groups excluding carboxylic acids is 1. The van der Waals surface area contributed by atoms with Gasteiger partial charge in [-0.1, -0.05) is 12.1 Å². The lowest BCUT2D eigenvalue weighted by atomic mass is 10.1. The molecule has 0 radical (unpaired) electrons. The van der Waals surface area contributed by atoms with E-state index in [0.29, 0.717) is 34.7 Å². The number of fused-ring (bicyclic) bond motifs is 1. The summed E-state index contributed by atoms with van der Waals surface area (Å²) in [7, 11) is 0. The number of aromatic amines is 1. The number of carbonyl (C=O) groups is 1. The van der Waals surface area contributed by atoms with E-state index in [9.17, 15) is 9.59 Å². The molecule has 2 aromatic heterocycles. The molecule has 140 valence electrons. The highest BCUT2D eigenvalue weighted by Crippen LogP contribution is 2.18. The Balaban J connectivity index is 1.57. The van der Waals surface area contributed by atoms with Crippen molar-refractivity contribution in [2.24, 2.45) is 0 Å². The van der Waals surface area contributed by atoms with Crippen LogP contribution in [0.1, 0.15) is 23.1 Å². The van der Waals surface area contributed by atoms with Crippen LogP contribution in [0.25, 0.3) is 22.4 Å². The second kappa shape index (κ2) is 7.43. The Bertz CT molecular complexity index is 1170. The lowest BCUT2D eigenvalue weighted by Gasteiger charge is -2.20. The molecule has 0 saturated carbocycles. The summed E-state index contributed by atoms with van der Waals surface area (Å²) in [6.45, 7) is 2.56. The molecule has 0 unspecified atom stereocenters. The van der Waals surface area contributed by atoms with Crippen molar-refractivity contribution in [2.75, 3.05) is 6.54 Å². The highest BCUT2D eigenvalue weighted by Gasteiger charge is 2.17.